The molecular weight excluding hydrogens is 306 g/mol. The van der Waals surface area contributed by atoms with Crippen LogP contribution in [0.4, 0.5) is 5.82 Å². The number of hydrogen-bond acceptors (Lipinski definition) is 5. The highest BCUT2D eigenvalue weighted by Gasteiger charge is 2.27. The molecule has 1 aromatic heterocycles. The Morgan fingerprint density at radius 3 is 2.79 bits per heavy atom. The zero-order valence-corrected chi connectivity index (χ0v) is 14.7. The van der Waals surface area contributed by atoms with E-state index in [0.29, 0.717) is 18.1 Å². The minimum Gasteiger partial charge on any atom is -0.354 e. The minimum atomic E-state index is -0.255. The van der Waals surface area contributed by atoms with E-state index in [1.54, 1.807) is 19.2 Å². The molecule has 1 aromatic rings. The predicted octanol–water partition coefficient (Wildman–Crippen LogP) is 1.36. The SMILES string of the molecule is CCCC(C)NC(=O)C1CCCN(c2ccc(C(=O)NC)nn2)C1. The number of amides is 2. The number of rotatable bonds is 6. The number of carbonyl (C=O) groups is 2. The summed E-state index contributed by atoms with van der Waals surface area (Å²) in [4.78, 5) is 26.0. The van der Waals surface area contributed by atoms with Gasteiger partial charge in [-0.2, -0.15) is 0 Å². The van der Waals surface area contributed by atoms with E-state index >= 15 is 0 Å². The Morgan fingerprint density at radius 2 is 2.17 bits per heavy atom. The third-order valence-electron chi connectivity index (χ3n) is 4.34. The summed E-state index contributed by atoms with van der Waals surface area (Å²) in [5.74, 6) is 0.547. The summed E-state index contributed by atoms with van der Waals surface area (Å²) in [5.41, 5.74) is 0.293. The molecule has 0 aromatic carbocycles. The van der Waals surface area contributed by atoms with Gasteiger partial charge in [0, 0.05) is 26.2 Å². The fourth-order valence-corrected chi connectivity index (χ4v) is 3.01. The third-order valence-corrected chi connectivity index (χ3v) is 4.34. The molecule has 2 unspecified atom stereocenters. The molecule has 2 atom stereocenters. The van der Waals surface area contributed by atoms with Crippen molar-refractivity contribution >= 4 is 17.6 Å². The number of nitrogens with zero attached hydrogens (tertiary/aromatic N) is 3. The zero-order valence-electron chi connectivity index (χ0n) is 14.7. The zero-order chi connectivity index (χ0) is 17.5. The fraction of sp³-hybridized carbons (Fsp3) is 0.647. The van der Waals surface area contributed by atoms with Crippen molar-refractivity contribution in [3.05, 3.63) is 17.8 Å². The monoisotopic (exact) mass is 333 g/mol. The lowest BCUT2D eigenvalue weighted by Gasteiger charge is -2.33. The summed E-state index contributed by atoms with van der Waals surface area (Å²) < 4.78 is 0. The Kier molecular flexibility index (Phi) is 6.52. The van der Waals surface area contributed by atoms with Crippen LogP contribution in [-0.2, 0) is 4.79 Å². The van der Waals surface area contributed by atoms with Crippen molar-refractivity contribution in [1.29, 1.82) is 0 Å². The van der Waals surface area contributed by atoms with Gasteiger partial charge < -0.3 is 15.5 Å². The van der Waals surface area contributed by atoms with Crippen molar-refractivity contribution in [2.24, 2.45) is 5.92 Å². The van der Waals surface area contributed by atoms with Gasteiger partial charge in [0.25, 0.3) is 5.91 Å². The quantitative estimate of drug-likeness (QED) is 0.821. The van der Waals surface area contributed by atoms with Crippen LogP contribution in [0.15, 0.2) is 12.1 Å². The maximum absolute atomic E-state index is 12.4. The van der Waals surface area contributed by atoms with Crippen LogP contribution in [0.25, 0.3) is 0 Å². The first-order valence-corrected chi connectivity index (χ1v) is 8.66. The Balaban J connectivity index is 1.97. The Labute approximate surface area is 143 Å². The van der Waals surface area contributed by atoms with E-state index in [-0.39, 0.29) is 23.8 Å². The van der Waals surface area contributed by atoms with Gasteiger partial charge in [0.15, 0.2) is 11.5 Å². The van der Waals surface area contributed by atoms with Crippen LogP contribution >= 0.6 is 0 Å². The smallest absolute Gasteiger partial charge is 0.271 e. The second-order valence-corrected chi connectivity index (χ2v) is 6.34. The van der Waals surface area contributed by atoms with E-state index in [0.717, 1.165) is 32.2 Å². The van der Waals surface area contributed by atoms with Crippen LogP contribution in [0.1, 0.15) is 50.0 Å². The van der Waals surface area contributed by atoms with Gasteiger partial charge in [0.2, 0.25) is 5.91 Å². The lowest BCUT2D eigenvalue weighted by molar-refractivity contribution is -0.125. The molecule has 0 aliphatic carbocycles. The number of piperidine rings is 1. The summed E-state index contributed by atoms with van der Waals surface area (Å²) in [6, 6.07) is 3.66. The molecule has 2 N–H and O–H groups in total. The number of hydrogen-bond donors (Lipinski definition) is 2. The molecule has 0 radical (unpaired) electrons. The van der Waals surface area contributed by atoms with Crippen LogP contribution in [0.3, 0.4) is 0 Å². The molecule has 1 aliphatic rings. The Bertz CT molecular complexity index is 561. The first-order chi connectivity index (χ1) is 11.5. The van der Waals surface area contributed by atoms with Crippen molar-refractivity contribution in [1.82, 2.24) is 20.8 Å². The summed E-state index contributed by atoms with van der Waals surface area (Å²) in [6.45, 7) is 5.65. The average Bonchev–Trinajstić information content (AvgIpc) is 2.61. The highest BCUT2D eigenvalue weighted by atomic mass is 16.2. The number of carbonyl (C=O) groups excluding carboxylic acids is 2. The molecule has 2 heterocycles. The van der Waals surface area contributed by atoms with Crippen molar-refractivity contribution < 1.29 is 9.59 Å². The molecule has 7 heteroatoms. The van der Waals surface area contributed by atoms with Gasteiger partial charge in [0.05, 0.1) is 5.92 Å². The van der Waals surface area contributed by atoms with Gasteiger partial charge >= 0.3 is 0 Å². The molecule has 2 amide bonds. The maximum Gasteiger partial charge on any atom is 0.271 e. The molecule has 1 aliphatic heterocycles. The van der Waals surface area contributed by atoms with Crippen molar-refractivity contribution in [3.63, 3.8) is 0 Å². The summed E-state index contributed by atoms with van der Waals surface area (Å²) in [7, 11) is 1.56. The topological polar surface area (TPSA) is 87.2 Å². The second kappa shape index (κ2) is 8.61. The molecule has 24 heavy (non-hydrogen) atoms. The summed E-state index contributed by atoms with van der Waals surface area (Å²) in [5, 5.41) is 13.7. The van der Waals surface area contributed by atoms with E-state index in [4.69, 9.17) is 0 Å². The standard InChI is InChI=1S/C17H27N5O2/c1-4-6-12(2)19-16(23)13-7-5-10-22(11-13)15-9-8-14(20-21-15)17(24)18-3/h8-9,12-13H,4-7,10-11H2,1-3H3,(H,18,24)(H,19,23). The third kappa shape index (κ3) is 4.66. The van der Waals surface area contributed by atoms with Gasteiger partial charge in [-0.1, -0.05) is 13.3 Å². The van der Waals surface area contributed by atoms with Gasteiger partial charge in [-0.15, -0.1) is 10.2 Å². The lowest BCUT2D eigenvalue weighted by atomic mass is 9.96. The molecule has 132 valence electrons. The van der Waals surface area contributed by atoms with Crippen molar-refractivity contribution in [2.75, 3.05) is 25.0 Å². The predicted molar refractivity (Wildman–Crippen MR) is 92.9 cm³/mol. The molecule has 0 spiro atoms. The second-order valence-electron chi connectivity index (χ2n) is 6.34. The lowest BCUT2D eigenvalue weighted by Crippen LogP contribution is -2.45. The van der Waals surface area contributed by atoms with Gasteiger partial charge in [-0.3, -0.25) is 9.59 Å². The Hall–Kier alpha value is -2.18. The van der Waals surface area contributed by atoms with Gasteiger partial charge in [0.1, 0.15) is 0 Å². The Morgan fingerprint density at radius 1 is 1.38 bits per heavy atom. The molecule has 2 rings (SSSR count). The highest BCUT2D eigenvalue weighted by molar-refractivity contribution is 5.91. The van der Waals surface area contributed by atoms with Crippen molar-refractivity contribution in [3.8, 4) is 0 Å². The van der Waals surface area contributed by atoms with Crippen LogP contribution < -0.4 is 15.5 Å². The van der Waals surface area contributed by atoms with E-state index in [2.05, 4.69) is 32.7 Å². The molecule has 1 saturated heterocycles. The first kappa shape index (κ1) is 18.2. The summed E-state index contributed by atoms with van der Waals surface area (Å²) >= 11 is 0. The highest BCUT2D eigenvalue weighted by Crippen LogP contribution is 2.21. The van der Waals surface area contributed by atoms with E-state index < -0.39 is 0 Å². The van der Waals surface area contributed by atoms with Gasteiger partial charge in [-0.25, -0.2) is 0 Å². The molecule has 7 nitrogen and oxygen atoms in total. The minimum absolute atomic E-state index is 0.0292. The van der Waals surface area contributed by atoms with Crippen LogP contribution in [0, 0.1) is 5.92 Å². The summed E-state index contributed by atoms with van der Waals surface area (Å²) in [6.07, 6.45) is 3.89. The molecule has 1 fully saturated rings. The van der Waals surface area contributed by atoms with E-state index in [1.165, 1.54) is 0 Å². The molecule has 0 bridgehead atoms. The normalized spacial score (nSPS) is 18.8. The largest absolute Gasteiger partial charge is 0.354 e. The number of anilines is 1. The first-order valence-electron chi connectivity index (χ1n) is 8.66. The van der Waals surface area contributed by atoms with Gasteiger partial charge in [-0.05, 0) is 38.3 Å². The van der Waals surface area contributed by atoms with E-state index in [9.17, 15) is 9.59 Å². The molecular formula is C17H27N5O2. The van der Waals surface area contributed by atoms with Crippen LogP contribution in [0.5, 0.6) is 0 Å². The number of aromatic nitrogens is 2. The van der Waals surface area contributed by atoms with Crippen LogP contribution in [-0.4, -0.2) is 48.2 Å². The fourth-order valence-electron chi connectivity index (χ4n) is 3.01. The molecule has 0 saturated carbocycles. The average molecular weight is 333 g/mol. The number of nitrogens with one attached hydrogen (secondary N) is 2. The van der Waals surface area contributed by atoms with Crippen LogP contribution in [0.2, 0.25) is 0 Å². The van der Waals surface area contributed by atoms with E-state index in [1.807, 2.05) is 6.92 Å². The van der Waals surface area contributed by atoms with Crippen molar-refractivity contribution in [2.45, 2.75) is 45.6 Å². The maximum atomic E-state index is 12.4.